The maximum absolute atomic E-state index is 12.1. The van der Waals surface area contributed by atoms with Crippen LogP contribution in [0.1, 0.15) is 36.8 Å². The normalized spacial score (nSPS) is 20.3. The van der Waals surface area contributed by atoms with Gasteiger partial charge in [0.15, 0.2) is 0 Å². The largest absolute Gasteiger partial charge is 0.494 e. The minimum atomic E-state index is -4.17. The van der Waals surface area contributed by atoms with Crippen molar-refractivity contribution in [2.24, 2.45) is 0 Å². The number of halogens is 3. The number of thiol groups is 1. The van der Waals surface area contributed by atoms with Crippen molar-refractivity contribution in [3.8, 4) is 5.75 Å². The van der Waals surface area contributed by atoms with Gasteiger partial charge in [0.25, 0.3) is 0 Å². The summed E-state index contributed by atoms with van der Waals surface area (Å²) in [5.74, 6) is -0.428. The molecule has 23 heavy (non-hydrogen) atoms. The Morgan fingerprint density at radius 3 is 2.78 bits per heavy atom. The van der Waals surface area contributed by atoms with E-state index in [9.17, 15) is 18.0 Å². The molecule has 2 rings (SSSR count). The molecule has 0 saturated carbocycles. The van der Waals surface area contributed by atoms with Crippen LogP contribution in [0.5, 0.6) is 5.75 Å². The molecular weight excluding hydrogens is 331 g/mol. The fraction of sp³-hybridized carbons (Fsp3) is 0.533. The van der Waals surface area contributed by atoms with Crippen LogP contribution >= 0.6 is 12.8 Å². The zero-order valence-corrected chi connectivity index (χ0v) is 13.2. The lowest BCUT2D eigenvalue weighted by molar-refractivity contribution is -0.139. The van der Waals surface area contributed by atoms with Gasteiger partial charge < -0.3 is 9.84 Å². The first kappa shape index (κ1) is 17.9. The molecule has 1 aliphatic rings. The highest BCUT2D eigenvalue weighted by Gasteiger charge is 2.39. The van der Waals surface area contributed by atoms with E-state index in [4.69, 9.17) is 9.84 Å². The lowest BCUT2D eigenvalue weighted by Gasteiger charge is -2.27. The van der Waals surface area contributed by atoms with Gasteiger partial charge in [-0.05, 0) is 42.5 Å². The Morgan fingerprint density at radius 1 is 1.43 bits per heavy atom. The Morgan fingerprint density at radius 2 is 2.17 bits per heavy atom. The number of carbonyl (C=O) groups is 1. The van der Waals surface area contributed by atoms with Crippen molar-refractivity contribution >= 4 is 18.8 Å². The van der Waals surface area contributed by atoms with Crippen LogP contribution in [0, 0.1) is 0 Å². The molecule has 0 unspecified atom stereocenters. The van der Waals surface area contributed by atoms with Gasteiger partial charge in [0.05, 0.1) is 18.6 Å². The van der Waals surface area contributed by atoms with Crippen LogP contribution < -0.4 is 9.46 Å². The van der Waals surface area contributed by atoms with Crippen molar-refractivity contribution in [2.45, 2.75) is 43.8 Å². The minimum absolute atomic E-state index is 0.0105. The molecule has 0 heterocycles. The molecule has 128 valence electrons. The second kappa shape index (κ2) is 7.00. The third-order valence-corrected chi connectivity index (χ3v) is 4.38. The number of alkyl halides is 3. The maximum Gasteiger partial charge on any atom is 0.389 e. The summed E-state index contributed by atoms with van der Waals surface area (Å²) in [5.41, 5.74) is 1.05. The van der Waals surface area contributed by atoms with Gasteiger partial charge in [-0.3, -0.25) is 9.52 Å². The molecular formula is C15H18F3NO3S. The summed E-state index contributed by atoms with van der Waals surface area (Å²) in [5, 5.41) is 9.07. The highest BCUT2D eigenvalue weighted by Crippen LogP contribution is 2.41. The van der Waals surface area contributed by atoms with Crippen LogP contribution in [0.15, 0.2) is 18.2 Å². The number of benzene rings is 1. The Labute approximate surface area is 137 Å². The van der Waals surface area contributed by atoms with E-state index < -0.39 is 24.1 Å². The van der Waals surface area contributed by atoms with E-state index in [1.165, 1.54) is 0 Å². The standard InChI is InChI=1S/C15H18F3NO3S/c16-15(17,18)5-1-7-22-11-2-3-12-10(8-11)4-6-14(12,19-23)9-13(20)21/h2-3,8,19,23H,1,4-7,9H2,(H,20,21)/t14-/m0/s1. The van der Waals surface area contributed by atoms with E-state index in [0.29, 0.717) is 18.6 Å². The highest BCUT2D eigenvalue weighted by atomic mass is 32.1. The van der Waals surface area contributed by atoms with Gasteiger partial charge >= 0.3 is 12.1 Å². The summed E-state index contributed by atoms with van der Waals surface area (Å²) < 4.78 is 44.4. The first-order valence-corrected chi connectivity index (χ1v) is 7.66. The third kappa shape index (κ3) is 4.54. The first-order valence-electron chi connectivity index (χ1n) is 7.22. The molecule has 1 aromatic carbocycles. The van der Waals surface area contributed by atoms with Gasteiger partial charge in [-0.15, -0.1) is 0 Å². The predicted octanol–water partition coefficient (Wildman–Crippen LogP) is 3.46. The van der Waals surface area contributed by atoms with Gasteiger partial charge in [0.2, 0.25) is 0 Å². The number of rotatable bonds is 7. The molecule has 0 saturated heterocycles. The van der Waals surface area contributed by atoms with Crippen molar-refractivity contribution in [1.82, 2.24) is 4.72 Å². The van der Waals surface area contributed by atoms with Crippen LogP contribution in [0.3, 0.4) is 0 Å². The Kier molecular flexibility index (Phi) is 5.46. The monoisotopic (exact) mass is 349 g/mol. The highest BCUT2D eigenvalue weighted by molar-refractivity contribution is 7.78. The number of fused-ring (bicyclic) bond motifs is 1. The van der Waals surface area contributed by atoms with Crippen LogP contribution in [0.4, 0.5) is 13.2 Å². The second-order valence-electron chi connectivity index (χ2n) is 5.65. The molecule has 1 aromatic rings. The van der Waals surface area contributed by atoms with Crippen LogP contribution in [0.2, 0.25) is 0 Å². The fourth-order valence-corrected chi connectivity index (χ4v) is 3.19. The topological polar surface area (TPSA) is 58.6 Å². The number of carboxylic acid groups (broad SMARTS) is 1. The van der Waals surface area contributed by atoms with Crippen molar-refractivity contribution in [3.05, 3.63) is 29.3 Å². The maximum atomic E-state index is 12.1. The zero-order chi connectivity index (χ0) is 17.1. The Balaban J connectivity index is 2.02. The smallest absolute Gasteiger partial charge is 0.389 e. The summed E-state index contributed by atoms with van der Waals surface area (Å²) in [4.78, 5) is 11.1. The van der Waals surface area contributed by atoms with Crippen molar-refractivity contribution < 1.29 is 27.8 Å². The van der Waals surface area contributed by atoms with E-state index in [1.807, 2.05) is 0 Å². The number of ether oxygens (including phenoxy) is 1. The van der Waals surface area contributed by atoms with E-state index in [0.717, 1.165) is 11.1 Å². The van der Waals surface area contributed by atoms with Gasteiger partial charge in [-0.1, -0.05) is 18.9 Å². The third-order valence-electron chi connectivity index (χ3n) is 3.95. The molecule has 0 radical (unpaired) electrons. The van der Waals surface area contributed by atoms with Gasteiger partial charge in [0, 0.05) is 6.42 Å². The molecule has 4 nitrogen and oxygen atoms in total. The number of nitrogens with one attached hydrogen (secondary N) is 1. The SMILES string of the molecule is O=C(O)C[C@@]1(NS)CCc2cc(OCCCC(F)(F)F)ccc21. The lowest BCUT2D eigenvalue weighted by atomic mass is 9.89. The summed E-state index contributed by atoms with van der Waals surface area (Å²) in [6.07, 6.45) is -3.97. The second-order valence-corrected chi connectivity index (χ2v) is 5.87. The Bertz CT molecular complexity index is 580. The number of hydrogen-bond donors (Lipinski definition) is 3. The zero-order valence-electron chi connectivity index (χ0n) is 12.3. The van der Waals surface area contributed by atoms with Crippen LogP contribution in [-0.2, 0) is 16.8 Å². The molecule has 1 atom stereocenters. The van der Waals surface area contributed by atoms with E-state index in [1.54, 1.807) is 18.2 Å². The van der Waals surface area contributed by atoms with E-state index in [2.05, 4.69) is 17.5 Å². The summed E-state index contributed by atoms with van der Waals surface area (Å²) >= 11 is 4.07. The van der Waals surface area contributed by atoms with Crippen molar-refractivity contribution in [2.75, 3.05) is 6.61 Å². The average molecular weight is 349 g/mol. The predicted molar refractivity (Wildman–Crippen MR) is 81.6 cm³/mol. The average Bonchev–Trinajstić information content (AvgIpc) is 2.81. The molecule has 0 spiro atoms. The van der Waals surface area contributed by atoms with Crippen LogP contribution in [0.25, 0.3) is 0 Å². The molecule has 0 amide bonds. The molecule has 2 N–H and O–H groups in total. The van der Waals surface area contributed by atoms with Gasteiger partial charge in [-0.25, -0.2) is 0 Å². The molecule has 0 aromatic heterocycles. The van der Waals surface area contributed by atoms with Gasteiger partial charge in [-0.2, -0.15) is 13.2 Å². The van der Waals surface area contributed by atoms with E-state index in [-0.39, 0.29) is 19.4 Å². The fourth-order valence-electron chi connectivity index (χ4n) is 2.88. The lowest BCUT2D eigenvalue weighted by Crippen LogP contribution is -2.37. The quantitative estimate of drug-likeness (QED) is 0.521. The molecule has 8 heteroatoms. The summed E-state index contributed by atoms with van der Waals surface area (Å²) in [6, 6.07) is 5.17. The number of carboxylic acids is 1. The van der Waals surface area contributed by atoms with E-state index >= 15 is 0 Å². The van der Waals surface area contributed by atoms with Crippen molar-refractivity contribution in [1.29, 1.82) is 0 Å². The van der Waals surface area contributed by atoms with Crippen molar-refractivity contribution in [3.63, 3.8) is 0 Å². The number of hydrogen-bond acceptors (Lipinski definition) is 4. The molecule has 0 fully saturated rings. The van der Waals surface area contributed by atoms with Gasteiger partial charge in [0.1, 0.15) is 5.75 Å². The summed E-state index contributed by atoms with van der Waals surface area (Å²) in [7, 11) is 0. The molecule has 0 aliphatic heterocycles. The van der Waals surface area contributed by atoms with Crippen LogP contribution in [-0.4, -0.2) is 23.9 Å². The molecule has 1 aliphatic carbocycles. The number of aliphatic carboxylic acids is 1. The Hall–Kier alpha value is -1.41. The first-order chi connectivity index (χ1) is 10.8. The number of aryl methyl sites for hydroxylation is 1. The summed E-state index contributed by atoms with van der Waals surface area (Å²) in [6.45, 7) is -0.0105. The minimum Gasteiger partial charge on any atom is -0.494 e. The molecule has 0 bridgehead atoms.